The third-order valence-electron chi connectivity index (χ3n) is 2.73. The van der Waals surface area contributed by atoms with Gasteiger partial charge in [-0.25, -0.2) is 4.39 Å². The summed E-state index contributed by atoms with van der Waals surface area (Å²) in [6.45, 7) is 0. The molecule has 0 bridgehead atoms. The monoisotopic (exact) mass is 237 g/mol. The van der Waals surface area contributed by atoms with Crippen molar-refractivity contribution in [3.63, 3.8) is 0 Å². The minimum atomic E-state index is -0.882. The molecule has 0 atom stereocenters. The Balaban J connectivity index is 2.19. The Morgan fingerprint density at radius 1 is 1.35 bits per heavy atom. The van der Waals surface area contributed by atoms with Crippen LogP contribution in [0.2, 0.25) is 0 Å². The molecule has 90 valence electrons. The standard InChI is InChI=1S/C11H12FN3O2/c12-8-2-1-6(5-7(8)9(13)16)15-10(17)11(14)3-4-11/h1-2,5H,3-4,14H2,(H2,13,16)(H,15,17). The van der Waals surface area contributed by atoms with Crippen molar-refractivity contribution in [1.82, 2.24) is 0 Å². The van der Waals surface area contributed by atoms with E-state index in [-0.39, 0.29) is 11.5 Å². The molecule has 2 rings (SSSR count). The van der Waals surface area contributed by atoms with Crippen LogP contribution in [0.15, 0.2) is 18.2 Å². The number of benzene rings is 1. The number of halogens is 1. The predicted octanol–water partition coefficient (Wildman–Crippen LogP) is 0.354. The van der Waals surface area contributed by atoms with Crippen molar-refractivity contribution in [2.75, 3.05) is 5.32 Å². The van der Waals surface area contributed by atoms with E-state index in [1.54, 1.807) is 0 Å². The maximum atomic E-state index is 13.2. The molecular formula is C11H12FN3O2. The smallest absolute Gasteiger partial charge is 0.251 e. The number of anilines is 1. The van der Waals surface area contributed by atoms with Crippen molar-refractivity contribution < 1.29 is 14.0 Å². The van der Waals surface area contributed by atoms with Gasteiger partial charge in [0, 0.05) is 5.69 Å². The summed E-state index contributed by atoms with van der Waals surface area (Å²) in [4.78, 5) is 22.5. The largest absolute Gasteiger partial charge is 0.366 e. The molecule has 6 heteroatoms. The first-order chi connectivity index (χ1) is 7.92. The third-order valence-corrected chi connectivity index (χ3v) is 2.73. The van der Waals surface area contributed by atoms with Gasteiger partial charge < -0.3 is 16.8 Å². The Morgan fingerprint density at radius 3 is 2.53 bits per heavy atom. The number of rotatable bonds is 3. The lowest BCUT2D eigenvalue weighted by Crippen LogP contribution is -2.37. The SMILES string of the molecule is NC(=O)c1cc(NC(=O)C2(N)CC2)ccc1F. The molecule has 1 fully saturated rings. The summed E-state index contributed by atoms with van der Waals surface area (Å²) in [5, 5.41) is 2.53. The van der Waals surface area contributed by atoms with Crippen LogP contribution in [-0.2, 0) is 4.79 Å². The average molecular weight is 237 g/mol. The van der Waals surface area contributed by atoms with Gasteiger partial charge in [0.2, 0.25) is 5.91 Å². The quantitative estimate of drug-likeness (QED) is 0.707. The molecule has 1 aromatic rings. The van der Waals surface area contributed by atoms with Crippen LogP contribution in [-0.4, -0.2) is 17.4 Å². The first kappa shape index (κ1) is 11.5. The highest BCUT2D eigenvalue weighted by atomic mass is 19.1. The lowest BCUT2D eigenvalue weighted by molar-refractivity contribution is -0.118. The summed E-state index contributed by atoms with van der Waals surface area (Å²) in [6, 6.07) is 3.62. The molecule has 17 heavy (non-hydrogen) atoms. The Morgan fingerprint density at radius 2 is 2.00 bits per heavy atom. The van der Waals surface area contributed by atoms with Gasteiger partial charge in [0.25, 0.3) is 5.91 Å². The molecule has 5 N–H and O–H groups in total. The van der Waals surface area contributed by atoms with E-state index in [4.69, 9.17) is 11.5 Å². The molecule has 5 nitrogen and oxygen atoms in total. The Labute approximate surface area is 97.0 Å². The number of primary amides is 1. The summed E-state index contributed by atoms with van der Waals surface area (Å²) in [5.74, 6) is -1.93. The predicted molar refractivity (Wildman–Crippen MR) is 59.7 cm³/mol. The zero-order valence-electron chi connectivity index (χ0n) is 9.00. The van der Waals surface area contributed by atoms with Crippen molar-refractivity contribution in [1.29, 1.82) is 0 Å². The Hall–Kier alpha value is -1.95. The lowest BCUT2D eigenvalue weighted by Gasteiger charge is -2.10. The van der Waals surface area contributed by atoms with Crippen molar-refractivity contribution in [3.05, 3.63) is 29.6 Å². The number of carbonyl (C=O) groups excluding carboxylic acids is 2. The van der Waals surface area contributed by atoms with Gasteiger partial charge in [-0.1, -0.05) is 0 Å². The van der Waals surface area contributed by atoms with Crippen LogP contribution in [0.1, 0.15) is 23.2 Å². The topological polar surface area (TPSA) is 98.2 Å². The molecule has 1 aromatic carbocycles. The van der Waals surface area contributed by atoms with E-state index >= 15 is 0 Å². The Bertz CT molecular complexity index is 497. The molecule has 0 aromatic heterocycles. The normalized spacial score (nSPS) is 16.4. The van der Waals surface area contributed by atoms with Crippen molar-refractivity contribution >= 4 is 17.5 Å². The van der Waals surface area contributed by atoms with E-state index in [1.165, 1.54) is 12.1 Å². The zero-order chi connectivity index (χ0) is 12.6. The highest BCUT2D eigenvalue weighted by molar-refractivity contribution is 6.01. The van der Waals surface area contributed by atoms with Crippen LogP contribution >= 0.6 is 0 Å². The summed E-state index contributed by atoms with van der Waals surface area (Å²) < 4.78 is 13.2. The molecule has 0 spiro atoms. The summed E-state index contributed by atoms with van der Waals surface area (Å²) in [7, 11) is 0. The van der Waals surface area contributed by atoms with Gasteiger partial charge >= 0.3 is 0 Å². The molecule has 1 saturated carbocycles. The minimum absolute atomic E-state index is 0.260. The molecule has 0 radical (unpaired) electrons. The fraction of sp³-hybridized carbons (Fsp3) is 0.273. The molecule has 0 heterocycles. The van der Waals surface area contributed by atoms with Crippen molar-refractivity contribution in [2.24, 2.45) is 11.5 Å². The first-order valence-electron chi connectivity index (χ1n) is 5.12. The molecular weight excluding hydrogens is 225 g/mol. The van der Waals surface area contributed by atoms with Gasteiger partial charge in [-0.3, -0.25) is 9.59 Å². The minimum Gasteiger partial charge on any atom is -0.366 e. The number of hydrogen-bond donors (Lipinski definition) is 3. The van der Waals surface area contributed by atoms with Crippen molar-refractivity contribution in [2.45, 2.75) is 18.4 Å². The molecule has 0 unspecified atom stereocenters. The van der Waals surface area contributed by atoms with E-state index in [9.17, 15) is 14.0 Å². The van der Waals surface area contributed by atoms with Gasteiger partial charge in [0.05, 0.1) is 11.1 Å². The lowest BCUT2D eigenvalue weighted by atomic mass is 10.1. The van der Waals surface area contributed by atoms with E-state index in [2.05, 4.69) is 5.32 Å². The maximum Gasteiger partial charge on any atom is 0.251 e. The van der Waals surface area contributed by atoms with Crippen LogP contribution < -0.4 is 16.8 Å². The first-order valence-corrected chi connectivity index (χ1v) is 5.12. The van der Waals surface area contributed by atoms with Crippen LogP contribution in [0, 0.1) is 5.82 Å². The number of hydrogen-bond acceptors (Lipinski definition) is 3. The van der Waals surface area contributed by atoms with E-state index in [0.717, 1.165) is 6.07 Å². The van der Waals surface area contributed by atoms with E-state index < -0.39 is 17.3 Å². The maximum absolute atomic E-state index is 13.2. The average Bonchev–Trinajstić information content (AvgIpc) is 3.00. The Kier molecular flexibility index (Phi) is 2.59. The van der Waals surface area contributed by atoms with Crippen LogP contribution in [0.4, 0.5) is 10.1 Å². The van der Waals surface area contributed by atoms with Gasteiger partial charge in [0.15, 0.2) is 0 Å². The molecule has 0 aliphatic heterocycles. The molecule has 1 aliphatic carbocycles. The molecule has 0 saturated heterocycles. The highest BCUT2D eigenvalue weighted by Crippen LogP contribution is 2.33. The van der Waals surface area contributed by atoms with Crippen LogP contribution in [0.25, 0.3) is 0 Å². The second-order valence-corrected chi connectivity index (χ2v) is 4.17. The second-order valence-electron chi connectivity index (χ2n) is 4.17. The summed E-state index contributed by atoms with van der Waals surface area (Å²) in [6.07, 6.45) is 1.26. The second kappa shape index (κ2) is 3.81. The van der Waals surface area contributed by atoms with Crippen LogP contribution in [0.3, 0.4) is 0 Å². The molecule has 2 amide bonds. The molecule has 1 aliphatic rings. The highest BCUT2D eigenvalue weighted by Gasteiger charge is 2.45. The number of nitrogens with two attached hydrogens (primary N) is 2. The van der Waals surface area contributed by atoms with E-state index in [1.807, 2.05) is 0 Å². The zero-order valence-corrected chi connectivity index (χ0v) is 9.00. The summed E-state index contributed by atoms with van der Waals surface area (Å²) >= 11 is 0. The number of carbonyl (C=O) groups is 2. The van der Waals surface area contributed by atoms with Gasteiger partial charge in [-0.2, -0.15) is 0 Å². The summed E-state index contributed by atoms with van der Waals surface area (Å²) in [5.41, 5.74) is 9.91. The van der Waals surface area contributed by atoms with Gasteiger partial charge in [-0.15, -0.1) is 0 Å². The van der Waals surface area contributed by atoms with Gasteiger partial charge in [-0.05, 0) is 31.0 Å². The number of amides is 2. The fourth-order valence-electron chi connectivity index (χ4n) is 1.41. The third kappa shape index (κ3) is 2.26. The van der Waals surface area contributed by atoms with Crippen molar-refractivity contribution in [3.8, 4) is 0 Å². The van der Waals surface area contributed by atoms with E-state index in [0.29, 0.717) is 18.5 Å². The van der Waals surface area contributed by atoms with Gasteiger partial charge in [0.1, 0.15) is 5.82 Å². The number of nitrogens with one attached hydrogen (secondary N) is 1. The van der Waals surface area contributed by atoms with Crippen LogP contribution in [0.5, 0.6) is 0 Å². The fourth-order valence-corrected chi connectivity index (χ4v) is 1.41.